The fourth-order valence-corrected chi connectivity index (χ4v) is 2.69. The van der Waals surface area contributed by atoms with Gasteiger partial charge < -0.3 is 10.0 Å². The van der Waals surface area contributed by atoms with Crippen molar-refractivity contribution in [3.05, 3.63) is 35.4 Å². The Morgan fingerprint density at radius 2 is 1.72 bits per heavy atom. The van der Waals surface area contributed by atoms with Crippen LogP contribution in [0.15, 0.2) is 24.3 Å². The first-order chi connectivity index (χ1) is 8.67. The minimum absolute atomic E-state index is 0.0521. The molecule has 1 aromatic carbocycles. The van der Waals surface area contributed by atoms with Crippen LogP contribution in [0.5, 0.6) is 0 Å². The van der Waals surface area contributed by atoms with Crippen molar-refractivity contribution < 1.29 is 5.11 Å². The molecule has 0 bridgehead atoms. The summed E-state index contributed by atoms with van der Waals surface area (Å²) in [5, 5.41) is 9.53. The van der Waals surface area contributed by atoms with Gasteiger partial charge in [-0.25, -0.2) is 0 Å². The molecule has 2 nitrogen and oxygen atoms in total. The van der Waals surface area contributed by atoms with Gasteiger partial charge in [-0.15, -0.1) is 0 Å². The second-order valence-corrected chi connectivity index (χ2v) is 5.87. The molecule has 0 aliphatic carbocycles. The van der Waals surface area contributed by atoms with E-state index < -0.39 is 0 Å². The normalized spacial score (nSPS) is 19.9. The third-order valence-electron chi connectivity index (χ3n) is 4.35. The molecule has 0 saturated heterocycles. The molecule has 0 spiro atoms. The van der Waals surface area contributed by atoms with Crippen molar-refractivity contribution in [3.8, 4) is 0 Å². The van der Waals surface area contributed by atoms with Crippen molar-refractivity contribution in [2.24, 2.45) is 5.41 Å². The molecular formula is C16H25NO. The number of fused-ring (bicyclic) bond motifs is 1. The van der Waals surface area contributed by atoms with Crippen LogP contribution in [0.3, 0.4) is 0 Å². The van der Waals surface area contributed by atoms with E-state index >= 15 is 0 Å². The smallest absolute Gasteiger partial charge is 0.0496 e. The summed E-state index contributed by atoms with van der Waals surface area (Å²) in [6.45, 7) is 7.88. The summed E-state index contributed by atoms with van der Waals surface area (Å²) in [4.78, 5) is 2.51. The van der Waals surface area contributed by atoms with Crippen molar-refractivity contribution in [1.29, 1.82) is 0 Å². The maximum absolute atomic E-state index is 9.53. The molecule has 1 aromatic rings. The summed E-state index contributed by atoms with van der Waals surface area (Å²) in [6, 6.07) is 8.78. The van der Waals surface area contributed by atoms with Crippen LogP contribution in [0.2, 0.25) is 0 Å². The molecule has 1 unspecified atom stereocenters. The molecule has 0 amide bonds. The summed E-state index contributed by atoms with van der Waals surface area (Å²) in [5.74, 6) is 0. The fourth-order valence-electron chi connectivity index (χ4n) is 2.69. The van der Waals surface area contributed by atoms with Crippen molar-refractivity contribution in [2.75, 3.05) is 26.2 Å². The molecule has 2 rings (SSSR count). The van der Waals surface area contributed by atoms with E-state index in [-0.39, 0.29) is 12.0 Å². The van der Waals surface area contributed by atoms with E-state index in [1.807, 2.05) is 0 Å². The summed E-state index contributed by atoms with van der Waals surface area (Å²) < 4.78 is 0. The molecule has 0 radical (unpaired) electrons. The Morgan fingerprint density at radius 3 is 2.17 bits per heavy atom. The first-order valence-electron chi connectivity index (χ1n) is 7.07. The summed E-state index contributed by atoms with van der Waals surface area (Å²) >= 11 is 0. The Morgan fingerprint density at radius 1 is 1.17 bits per heavy atom. The van der Waals surface area contributed by atoms with Crippen LogP contribution in [-0.4, -0.2) is 36.2 Å². The van der Waals surface area contributed by atoms with Crippen LogP contribution >= 0.6 is 0 Å². The Balaban J connectivity index is 2.00. The Kier molecular flexibility index (Phi) is 4.41. The van der Waals surface area contributed by atoms with E-state index in [2.05, 4.69) is 43.0 Å². The molecule has 0 saturated carbocycles. The lowest BCUT2D eigenvalue weighted by Crippen LogP contribution is -2.39. The molecule has 1 heterocycles. The minimum Gasteiger partial charge on any atom is -0.396 e. The van der Waals surface area contributed by atoms with E-state index in [9.17, 15) is 5.11 Å². The van der Waals surface area contributed by atoms with Gasteiger partial charge in [0.2, 0.25) is 0 Å². The third kappa shape index (κ3) is 3.12. The monoisotopic (exact) mass is 247 g/mol. The van der Waals surface area contributed by atoms with Gasteiger partial charge in [-0.1, -0.05) is 38.1 Å². The molecule has 0 aromatic heterocycles. The number of rotatable bonds is 4. The fraction of sp³-hybridized carbons (Fsp3) is 0.625. The van der Waals surface area contributed by atoms with Crippen LogP contribution in [0.25, 0.3) is 0 Å². The zero-order valence-corrected chi connectivity index (χ0v) is 11.7. The minimum atomic E-state index is 0.0521. The van der Waals surface area contributed by atoms with Crippen LogP contribution < -0.4 is 0 Å². The van der Waals surface area contributed by atoms with Gasteiger partial charge in [-0.05, 0) is 30.4 Å². The molecule has 18 heavy (non-hydrogen) atoms. The van der Waals surface area contributed by atoms with Gasteiger partial charge in [0.15, 0.2) is 0 Å². The maximum Gasteiger partial charge on any atom is 0.0496 e. The van der Waals surface area contributed by atoms with Gasteiger partial charge in [0.1, 0.15) is 0 Å². The van der Waals surface area contributed by atoms with E-state index in [0.29, 0.717) is 0 Å². The molecule has 0 fully saturated rings. The van der Waals surface area contributed by atoms with Crippen LogP contribution in [-0.2, 0) is 12.8 Å². The highest BCUT2D eigenvalue weighted by molar-refractivity contribution is 5.28. The van der Waals surface area contributed by atoms with Gasteiger partial charge in [0.25, 0.3) is 0 Å². The van der Waals surface area contributed by atoms with Crippen LogP contribution in [0.4, 0.5) is 0 Å². The maximum atomic E-state index is 9.53. The van der Waals surface area contributed by atoms with Crippen molar-refractivity contribution >= 4 is 0 Å². The average Bonchev–Trinajstić information content (AvgIpc) is 2.62. The number of nitrogens with zero attached hydrogens (tertiary/aromatic N) is 1. The summed E-state index contributed by atoms with van der Waals surface area (Å²) in [5.41, 5.74) is 3.06. The second-order valence-electron chi connectivity index (χ2n) is 5.87. The average molecular weight is 247 g/mol. The van der Waals surface area contributed by atoms with Gasteiger partial charge >= 0.3 is 0 Å². The van der Waals surface area contributed by atoms with Crippen LogP contribution in [0, 0.1) is 5.41 Å². The van der Waals surface area contributed by atoms with Crippen molar-refractivity contribution in [1.82, 2.24) is 4.90 Å². The summed E-state index contributed by atoms with van der Waals surface area (Å²) in [7, 11) is 0. The lowest BCUT2D eigenvalue weighted by molar-refractivity contribution is 0.0865. The molecule has 1 aliphatic rings. The van der Waals surface area contributed by atoms with E-state index in [0.717, 1.165) is 38.9 Å². The summed E-state index contributed by atoms with van der Waals surface area (Å²) in [6.07, 6.45) is 3.32. The standard InChI is InChI=1S/C16H25NO/c1-3-16(2,13-18)12-17-10-8-14-6-4-5-7-15(14)9-11-17/h4-7,18H,3,8-13H2,1-2H3. The van der Waals surface area contributed by atoms with Gasteiger partial charge in [-0.2, -0.15) is 0 Å². The van der Waals surface area contributed by atoms with E-state index in [4.69, 9.17) is 0 Å². The predicted molar refractivity (Wildman–Crippen MR) is 75.8 cm³/mol. The van der Waals surface area contributed by atoms with E-state index in [1.54, 1.807) is 0 Å². The van der Waals surface area contributed by atoms with Gasteiger partial charge in [0.05, 0.1) is 0 Å². The molecule has 2 heteroatoms. The highest BCUT2D eigenvalue weighted by Crippen LogP contribution is 2.23. The molecule has 100 valence electrons. The lowest BCUT2D eigenvalue weighted by Gasteiger charge is -2.32. The lowest BCUT2D eigenvalue weighted by atomic mass is 9.88. The highest BCUT2D eigenvalue weighted by atomic mass is 16.3. The SMILES string of the molecule is CCC(C)(CO)CN1CCc2ccccc2CC1. The number of aliphatic hydroxyl groups excluding tert-OH is 1. The third-order valence-corrected chi connectivity index (χ3v) is 4.35. The largest absolute Gasteiger partial charge is 0.396 e. The Labute approximate surface area is 111 Å². The second kappa shape index (κ2) is 5.85. The number of hydrogen-bond donors (Lipinski definition) is 1. The molecular weight excluding hydrogens is 222 g/mol. The Bertz CT molecular complexity index is 357. The molecule has 1 N–H and O–H groups in total. The highest BCUT2D eigenvalue weighted by Gasteiger charge is 2.25. The predicted octanol–water partition coefficient (Wildman–Crippen LogP) is 2.50. The first-order valence-corrected chi connectivity index (χ1v) is 7.07. The number of hydrogen-bond acceptors (Lipinski definition) is 2. The Hall–Kier alpha value is -0.860. The van der Waals surface area contributed by atoms with E-state index in [1.165, 1.54) is 11.1 Å². The topological polar surface area (TPSA) is 23.5 Å². The molecule has 1 aliphatic heterocycles. The zero-order valence-electron chi connectivity index (χ0n) is 11.7. The molecule has 1 atom stereocenters. The van der Waals surface area contributed by atoms with Crippen molar-refractivity contribution in [2.45, 2.75) is 33.1 Å². The zero-order chi connectivity index (χ0) is 13.0. The number of benzene rings is 1. The van der Waals surface area contributed by atoms with Gasteiger partial charge in [0, 0.05) is 31.7 Å². The first kappa shape index (κ1) is 13.6. The van der Waals surface area contributed by atoms with Crippen LogP contribution in [0.1, 0.15) is 31.4 Å². The van der Waals surface area contributed by atoms with Crippen molar-refractivity contribution in [3.63, 3.8) is 0 Å². The quantitative estimate of drug-likeness (QED) is 0.883. The number of aliphatic hydroxyl groups is 1. The van der Waals surface area contributed by atoms with Gasteiger partial charge in [-0.3, -0.25) is 0 Å².